The normalized spacial score (nSPS) is 18.3. The van der Waals surface area contributed by atoms with Crippen LogP contribution in [-0.4, -0.2) is 102 Å². The molecular weight excluding hydrogens is 540 g/mol. The SMILES string of the molecule is COC(=O)c1cccc(C(C=NCCCCCNC(=O)C2=NN(C3CCN(C(=O)OC(C)(C)C)CC3)CC2N)=CN)n1. The number of nitrogens with two attached hydrogens (primary N) is 2. The Morgan fingerprint density at radius 1 is 1.14 bits per heavy atom. The van der Waals surface area contributed by atoms with Gasteiger partial charge in [0.15, 0.2) is 0 Å². The number of nitrogens with zero attached hydrogens (tertiary/aromatic N) is 5. The van der Waals surface area contributed by atoms with E-state index in [1.165, 1.54) is 13.3 Å². The van der Waals surface area contributed by atoms with E-state index in [4.69, 9.17) is 20.9 Å². The quantitative estimate of drug-likeness (QED) is 0.199. The molecule has 0 radical (unpaired) electrons. The number of aromatic nitrogens is 1. The van der Waals surface area contributed by atoms with Crippen LogP contribution in [0.15, 0.2) is 34.5 Å². The summed E-state index contributed by atoms with van der Waals surface area (Å²) in [6, 6.07) is 4.70. The fraction of sp³-hybridized carbons (Fsp3) is 0.586. The summed E-state index contributed by atoms with van der Waals surface area (Å²) in [7, 11) is 1.30. The second kappa shape index (κ2) is 15.3. The summed E-state index contributed by atoms with van der Waals surface area (Å²) in [4.78, 5) is 47.2. The molecule has 3 heterocycles. The summed E-state index contributed by atoms with van der Waals surface area (Å²) in [5.74, 6) is -0.761. The minimum absolute atomic E-state index is 0.128. The number of piperidine rings is 1. The van der Waals surface area contributed by atoms with Crippen LogP contribution in [0, 0.1) is 0 Å². The van der Waals surface area contributed by atoms with E-state index in [2.05, 4.69) is 20.4 Å². The highest BCUT2D eigenvalue weighted by molar-refractivity contribution is 6.41. The average Bonchev–Trinajstić information content (AvgIpc) is 3.36. The number of nitrogens with one attached hydrogen (secondary N) is 1. The fourth-order valence-corrected chi connectivity index (χ4v) is 4.63. The van der Waals surface area contributed by atoms with Crippen molar-refractivity contribution >= 4 is 35.5 Å². The molecule has 1 aromatic rings. The molecule has 2 aliphatic rings. The molecule has 13 heteroatoms. The van der Waals surface area contributed by atoms with Crippen LogP contribution in [0.4, 0.5) is 4.79 Å². The molecule has 2 amide bonds. The maximum absolute atomic E-state index is 12.7. The molecule has 5 N–H and O–H groups in total. The van der Waals surface area contributed by atoms with Crippen LogP contribution in [0.25, 0.3) is 5.57 Å². The van der Waals surface area contributed by atoms with Crippen molar-refractivity contribution in [2.45, 2.75) is 70.6 Å². The lowest BCUT2D eigenvalue weighted by atomic mass is 10.0. The maximum Gasteiger partial charge on any atom is 0.410 e. The number of esters is 1. The van der Waals surface area contributed by atoms with Crippen LogP contribution >= 0.6 is 0 Å². The smallest absolute Gasteiger partial charge is 0.410 e. The number of carbonyl (C=O) groups is 3. The van der Waals surface area contributed by atoms with Crippen molar-refractivity contribution in [1.29, 1.82) is 0 Å². The van der Waals surface area contributed by atoms with Gasteiger partial charge >= 0.3 is 12.1 Å². The molecule has 1 atom stereocenters. The number of hydrogen-bond acceptors (Lipinski definition) is 11. The lowest BCUT2D eigenvalue weighted by molar-refractivity contribution is -0.114. The molecule has 0 saturated carbocycles. The summed E-state index contributed by atoms with van der Waals surface area (Å²) in [5, 5.41) is 9.37. The fourth-order valence-electron chi connectivity index (χ4n) is 4.63. The lowest BCUT2D eigenvalue weighted by Gasteiger charge is -2.36. The minimum atomic E-state index is -0.525. The monoisotopic (exact) mass is 584 g/mol. The van der Waals surface area contributed by atoms with E-state index in [0.29, 0.717) is 49.7 Å². The second-order valence-corrected chi connectivity index (χ2v) is 11.3. The molecule has 0 bridgehead atoms. The zero-order valence-corrected chi connectivity index (χ0v) is 25.0. The standard InChI is InChI=1S/C29H44N8O5/c1-29(2,3)42-28(40)36-15-11-21(12-16-36)37-19-22(31)25(35-37)26(38)33-14-7-5-6-13-32-18-20(17-30)23-9-8-10-24(34-23)27(39)41-4/h8-10,17-18,21-22H,5-7,11-16,19,30-31H2,1-4H3,(H,33,38). The number of hydrazone groups is 1. The number of amides is 2. The molecule has 3 rings (SSSR count). The molecule has 0 aliphatic carbocycles. The Kier molecular flexibility index (Phi) is 11.8. The Morgan fingerprint density at radius 2 is 1.86 bits per heavy atom. The van der Waals surface area contributed by atoms with E-state index in [0.717, 1.165) is 32.1 Å². The predicted molar refractivity (Wildman–Crippen MR) is 161 cm³/mol. The third-order valence-corrected chi connectivity index (χ3v) is 6.84. The van der Waals surface area contributed by atoms with Gasteiger partial charge in [0.25, 0.3) is 5.91 Å². The first-order valence-electron chi connectivity index (χ1n) is 14.4. The van der Waals surface area contributed by atoms with E-state index in [-0.39, 0.29) is 23.7 Å². The van der Waals surface area contributed by atoms with Crippen molar-refractivity contribution in [3.63, 3.8) is 0 Å². The molecule has 230 valence electrons. The van der Waals surface area contributed by atoms with Gasteiger partial charge in [0, 0.05) is 44.2 Å². The molecular formula is C29H44N8O5. The van der Waals surface area contributed by atoms with Crippen molar-refractivity contribution in [3.8, 4) is 0 Å². The molecule has 42 heavy (non-hydrogen) atoms. The van der Waals surface area contributed by atoms with Crippen LogP contribution in [0.2, 0.25) is 0 Å². The van der Waals surface area contributed by atoms with Crippen LogP contribution in [0.1, 0.15) is 69.1 Å². The van der Waals surface area contributed by atoms with Crippen molar-refractivity contribution in [3.05, 3.63) is 35.8 Å². The number of ether oxygens (including phenoxy) is 2. The number of allylic oxidation sites excluding steroid dienone is 1. The van der Waals surface area contributed by atoms with E-state index < -0.39 is 17.6 Å². The van der Waals surface area contributed by atoms with Crippen LogP contribution in [-0.2, 0) is 14.3 Å². The number of pyridine rings is 1. The Hall–Kier alpha value is -4.00. The van der Waals surface area contributed by atoms with E-state index in [1.807, 2.05) is 25.8 Å². The van der Waals surface area contributed by atoms with E-state index >= 15 is 0 Å². The maximum atomic E-state index is 12.7. The van der Waals surface area contributed by atoms with Gasteiger partial charge in [0.05, 0.1) is 31.4 Å². The average molecular weight is 585 g/mol. The first kappa shape index (κ1) is 32.5. The van der Waals surface area contributed by atoms with E-state index in [9.17, 15) is 14.4 Å². The van der Waals surface area contributed by atoms with Crippen molar-refractivity contribution in [1.82, 2.24) is 20.2 Å². The molecule has 1 fully saturated rings. The molecule has 1 saturated heterocycles. The molecule has 1 aromatic heterocycles. The zero-order chi connectivity index (χ0) is 30.7. The first-order valence-corrected chi connectivity index (χ1v) is 14.4. The Morgan fingerprint density at radius 3 is 2.52 bits per heavy atom. The topological polar surface area (TPSA) is 178 Å². The summed E-state index contributed by atoms with van der Waals surface area (Å²) < 4.78 is 10.2. The second-order valence-electron chi connectivity index (χ2n) is 11.3. The van der Waals surface area contributed by atoms with Gasteiger partial charge in [-0.1, -0.05) is 6.07 Å². The largest absolute Gasteiger partial charge is 0.464 e. The number of hydrogen-bond donors (Lipinski definition) is 3. The number of methoxy groups -OCH3 is 1. The minimum Gasteiger partial charge on any atom is -0.464 e. The molecule has 0 aromatic carbocycles. The zero-order valence-electron chi connectivity index (χ0n) is 25.0. The van der Waals surface area contributed by atoms with E-state index in [1.54, 1.807) is 29.3 Å². The highest BCUT2D eigenvalue weighted by Gasteiger charge is 2.35. The lowest BCUT2D eigenvalue weighted by Crippen LogP contribution is -2.47. The Labute approximate surface area is 247 Å². The summed E-state index contributed by atoms with van der Waals surface area (Å²) >= 11 is 0. The number of unbranched alkanes of at least 4 members (excludes halogenated alkanes) is 2. The van der Waals surface area contributed by atoms with Gasteiger partial charge in [-0.2, -0.15) is 5.10 Å². The van der Waals surface area contributed by atoms with Gasteiger partial charge < -0.3 is 31.2 Å². The highest BCUT2D eigenvalue weighted by atomic mass is 16.6. The third-order valence-electron chi connectivity index (χ3n) is 6.84. The third kappa shape index (κ3) is 9.54. The van der Waals surface area contributed by atoms with Gasteiger partial charge in [0.2, 0.25) is 0 Å². The van der Waals surface area contributed by atoms with Crippen molar-refractivity contribution in [2.24, 2.45) is 21.6 Å². The van der Waals surface area contributed by atoms with Crippen LogP contribution < -0.4 is 16.8 Å². The summed E-state index contributed by atoms with van der Waals surface area (Å²) in [6.07, 6.45) is 6.71. The van der Waals surface area contributed by atoms with Gasteiger partial charge in [-0.05, 0) is 65.0 Å². The van der Waals surface area contributed by atoms with Gasteiger partial charge in [0.1, 0.15) is 17.0 Å². The molecule has 2 aliphatic heterocycles. The van der Waals surface area contributed by atoms with Crippen molar-refractivity contribution in [2.75, 3.05) is 39.8 Å². The Bertz CT molecular complexity index is 1180. The molecule has 0 spiro atoms. The van der Waals surface area contributed by atoms with Gasteiger partial charge in [-0.15, -0.1) is 0 Å². The Balaban J connectivity index is 1.35. The first-order chi connectivity index (χ1) is 20.0. The predicted octanol–water partition coefficient (Wildman–Crippen LogP) is 1.92. The van der Waals surface area contributed by atoms with Crippen LogP contribution in [0.5, 0.6) is 0 Å². The number of likely N-dealkylation sites (tertiary alicyclic amines) is 1. The number of aliphatic imine (C=N–C) groups is 1. The number of carbonyl (C=O) groups excluding carboxylic acids is 3. The summed E-state index contributed by atoms with van der Waals surface area (Å²) in [5.41, 5.74) is 13.1. The molecule has 13 nitrogen and oxygen atoms in total. The van der Waals surface area contributed by atoms with Gasteiger partial charge in [-0.25, -0.2) is 14.6 Å². The van der Waals surface area contributed by atoms with Crippen LogP contribution in [0.3, 0.4) is 0 Å². The van der Waals surface area contributed by atoms with Crippen molar-refractivity contribution < 1.29 is 23.9 Å². The highest BCUT2D eigenvalue weighted by Crippen LogP contribution is 2.22. The number of rotatable bonds is 11. The summed E-state index contributed by atoms with van der Waals surface area (Å²) in [6.45, 7) is 8.30. The molecule has 1 unspecified atom stereocenters. The van der Waals surface area contributed by atoms with Gasteiger partial charge in [-0.3, -0.25) is 14.8 Å².